The maximum Gasteiger partial charge on any atom is 0.443 e. The quantitative estimate of drug-likeness (QED) is 0.616. The van der Waals surface area contributed by atoms with Crippen molar-refractivity contribution in [1.29, 1.82) is 0 Å². The Labute approximate surface area is 118 Å². The minimum Gasteiger partial charge on any atom is -0.463 e. The number of hydrogen-bond acceptors (Lipinski definition) is 5. The molecule has 0 aliphatic carbocycles. The van der Waals surface area contributed by atoms with Gasteiger partial charge in [-0.15, -0.1) is 0 Å². The lowest BCUT2D eigenvalue weighted by Crippen LogP contribution is -2.64. The summed E-state index contributed by atoms with van der Waals surface area (Å²) in [5.74, 6) is -2.16. The predicted molar refractivity (Wildman–Crippen MR) is 64.4 cm³/mol. The first kappa shape index (κ1) is 17.4. The molecule has 0 aromatic heterocycles. The van der Waals surface area contributed by atoms with Crippen LogP contribution in [0.5, 0.6) is 0 Å². The number of rotatable bonds is 5. The Balaban J connectivity index is 3.23. The molecule has 1 atom stereocenters. The van der Waals surface area contributed by atoms with E-state index in [2.05, 4.69) is 4.74 Å². The first-order chi connectivity index (χ1) is 9.54. The maximum absolute atomic E-state index is 12.8. The highest BCUT2D eigenvalue weighted by Crippen LogP contribution is 2.31. The predicted octanol–water partition coefficient (Wildman–Crippen LogP) is 0.779. The summed E-state index contributed by atoms with van der Waals surface area (Å²) in [5.41, 5.74) is -4.36. The second-order valence-electron chi connectivity index (χ2n) is 3.85. The van der Waals surface area contributed by atoms with Crippen molar-refractivity contribution in [1.82, 2.24) is 4.72 Å². The van der Waals surface area contributed by atoms with Crippen LogP contribution >= 0.6 is 0 Å². The molecular weight excluding hydrogens is 315 g/mol. The SMILES string of the molecule is CCOC(=O)C(O)(NS(=O)(=O)c1ccccc1)C(F)(F)F. The summed E-state index contributed by atoms with van der Waals surface area (Å²) >= 11 is 0. The topological polar surface area (TPSA) is 92.7 Å². The normalized spacial score (nSPS) is 15.3. The Morgan fingerprint density at radius 3 is 2.24 bits per heavy atom. The summed E-state index contributed by atoms with van der Waals surface area (Å²) in [7, 11) is -4.79. The van der Waals surface area contributed by atoms with Crippen LogP contribution in [0.3, 0.4) is 0 Å². The zero-order chi connectivity index (χ0) is 16.3. The molecule has 0 aliphatic rings. The molecule has 10 heteroatoms. The van der Waals surface area contributed by atoms with Crippen LogP contribution in [-0.4, -0.2) is 38.0 Å². The monoisotopic (exact) mass is 327 g/mol. The summed E-state index contributed by atoms with van der Waals surface area (Å²) < 4.78 is 67.2. The number of carbonyl (C=O) groups excluding carboxylic acids is 1. The molecular formula is C11H12F3NO5S. The van der Waals surface area contributed by atoms with Crippen molar-refractivity contribution in [2.24, 2.45) is 0 Å². The number of alkyl halides is 3. The van der Waals surface area contributed by atoms with Gasteiger partial charge >= 0.3 is 17.9 Å². The van der Waals surface area contributed by atoms with Crippen molar-refractivity contribution in [2.75, 3.05) is 6.61 Å². The first-order valence-electron chi connectivity index (χ1n) is 5.60. The van der Waals surface area contributed by atoms with Gasteiger partial charge in [-0.3, -0.25) is 0 Å². The minimum absolute atomic E-state index is 0.468. The molecule has 0 bridgehead atoms. The van der Waals surface area contributed by atoms with Crippen LogP contribution in [0.15, 0.2) is 35.2 Å². The number of halogens is 3. The molecule has 2 N–H and O–H groups in total. The van der Waals surface area contributed by atoms with E-state index in [4.69, 9.17) is 0 Å². The van der Waals surface area contributed by atoms with E-state index >= 15 is 0 Å². The second kappa shape index (κ2) is 6.00. The molecule has 21 heavy (non-hydrogen) atoms. The zero-order valence-electron chi connectivity index (χ0n) is 10.7. The standard InChI is InChI=1S/C11H12F3NO5S/c1-2-20-9(16)10(17,11(12,13)14)15-21(18,19)8-6-4-3-5-7-8/h3-7,15,17H,2H2,1H3. The van der Waals surface area contributed by atoms with Crippen LogP contribution in [0.25, 0.3) is 0 Å². The number of esters is 1. The molecule has 0 heterocycles. The molecule has 1 aromatic rings. The van der Waals surface area contributed by atoms with E-state index in [0.717, 1.165) is 16.9 Å². The van der Waals surface area contributed by atoms with Gasteiger partial charge in [-0.25, -0.2) is 13.2 Å². The number of hydrogen-bond donors (Lipinski definition) is 2. The summed E-state index contributed by atoms with van der Waals surface area (Å²) in [5, 5.41) is 9.45. The summed E-state index contributed by atoms with van der Waals surface area (Å²) in [6.07, 6.45) is -5.60. The summed E-state index contributed by atoms with van der Waals surface area (Å²) in [6.45, 7) is 0.741. The molecule has 0 spiro atoms. The highest BCUT2D eigenvalue weighted by molar-refractivity contribution is 7.89. The van der Waals surface area contributed by atoms with Crippen LogP contribution in [0.1, 0.15) is 6.92 Å². The van der Waals surface area contributed by atoms with Crippen molar-refractivity contribution in [3.63, 3.8) is 0 Å². The van der Waals surface area contributed by atoms with E-state index in [1.54, 1.807) is 0 Å². The van der Waals surface area contributed by atoms with E-state index < -0.39 is 39.4 Å². The molecule has 0 amide bonds. The Hall–Kier alpha value is -1.65. The van der Waals surface area contributed by atoms with E-state index in [-0.39, 0.29) is 0 Å². The third kappa shape index (κ3) is 3.71. The van der Waals surface area contributed by atoms with E-state index in [0.29, 0.717) is 0 Å². The molecule has 1 unspecified atom stereocenters. The van der Waals surface area contributed by atoms with Crippen molar-refractivity contribution >= 4 is 16.0 Å². The third-order valence-electron chi connectivity index (χ3n) is 2.32. The lowest BCUT2D eigenvalue weighted by atomic mass is 10.2. The molecule has 0 aliphatic heterocycles. The zero-order valence-corrected chi connectivity index (χ0v) is 11.5. The second-order valence-corrected chi connectivity index (χ2v) is 5.53. The van der Waals surface area contributed by atoms with Crippen molar-refractivity contribution in [3.8, 4) is 0 Å². The smallest absolute Gasteiger partial charge is 0.443 e. The van der Waals surface area contributed by atoms with Crippen LogP contribution in [0, 0.1) is 0 Å². The highest BCUT2D eigenvalue weighted by atomic mass is 32.2. The largest absolute Gasteiger partial charge is 0.463 e. The molecule has 1 aromatic carbocycles. The van der Waals surface area contributed by atoms with Gasteiger partial charge in [-0.1, -0.05) is 18.2 Å². The van der Waals surface area contributed by atoms with Crippen LogP contribution < -0.4 is 4.72 Å². The summed E-state index contributed by atoms with van der Waals surface area (Å²) in [4.78, 5) is 10.8. The van der Waals surface area contributed by atoms with Gasteiger partial charge in [0, 0.05) is 0 Å². The Morgan fingerprint density at radius 2 is 1.81 bits per heavy atom. The van der Waals surface area contributed by atoms with Gasteiger partial charge in [0.25, 0.3) is 0 Å². The van der Waals surface area contributed by atoms with E-state index in [1.165, 1.54) is 25.1 Å². The summed E-state index contributed by atoms with van der Waals surface area (Å²) in [6, 6.07) is 5.99. The fourth-order valence-corrected chi connectivity index (χ4v) is 2.53. The lowest BCUT2D eigenvalue weighted by molar-refractivity contribution is -0.266. The maximum atomic E-state index is 12.8. The minimum atomic E-state index is -5.60. The molecule has 6 nitrogen and oxygen atoms in total. The first-order valence-corrected chi connectivity index (χ1v) is 7.08. The van der Waals surface area contributed by atoms with E-state index in [1.807, 2.05) is 0 Å². The Bertz CT molecular complexity index is 602. The number of sulfonamides is 1. The number of carbonyl (C=O) groups is 1. The number of aliphatic hydroxyl groups is 1. The average Bonchev–Trinajstić information content (AvgIpc) is 2.38. The fraction of sp³-hybridized carbons (Fsp3) is 0.364. The average molecular weight is 327 g/mol. The fourth-order valence-electron chi connectivity index (χ4n) is 1.30. The van der Waals surface area contributed by atoms with Gasteiger partial charge in [0.1, 0.15) is 0 Å². The third-order valence-corrected chi connectivity index (χ3v) is 3.77. The van der Waals surface area contributed by atoms with Crippen LogP contribution in [-0.2, 0) is 19.6 Å². The Morgan fingerprint density at radius 1 is 1.29 bits per heavy atom. The van der Waals surface area contributed by atoms with E-state index in [9.17, 15) is 31.5 Å². The molecule has 1 rings (SSSR count). The number of benzene rings is 1. The van der Waals surface area contributed by atoms with Gasteiger partial charge in [0.05, 0.1) is 11.5 Å². The van der Waals surface area contributed by atoms with Gasteiger partial charge in [0.2, 0.25) is 10.0 Å². The van der Waals surface area contributed by atoms with Crippen molar-refractivity contribution < 1.29 is 36.2 Å². The molecule has 0 fully saturated rings. The molecule has 118 valence electrons. The molecule has 0 saturated carbocycles. The number of ether oxygens (including phenoxy) is 1. The highest BCUT2D eigenvalue weighted by Gasteiger charge is 2.63. The van der Waals surface area contributed by atoms with Crippen molar-refractivity contribution in [2.45, 2.75) is 23.7 Å². The Kier molecular flexibility index (Phi) is 4.97. The number of nitrogens with one attached hydrogen (secondary N) is 1. The van der Waals surface area contributed by atoms with Crippen LogP contribution in [0.2, 0.25) is 0 Å². The molecule has 0 radical (unpaired) electrons. The van der Waals surface area contributed by atoms with Gasteiger partial charge in [-0.2, -0.15) is 17.9 Å². The van der Waals surface area contributed by atoms with Crippen LogP contribution in [0.4, 0.5) is 13.2 Å². The van der Waals surface area contributed by atoms with Gasteiger partial charge in [-0.05, 0) is 19.1 Å². The lowest BCUT2D eigenvalue weighted by Gasteiger charge is -2.28. The van der Waals surface area contributed by atoms with Gasteiger partial charge < -0.3 is 9.84 Å². The molecule has 0 saturated heterocycles. The van der Waals surface area contributed by atoms with Crippen molar-refractivity contribution in [3.05, 3.63) is 30.3 Å². The van der Waals surface area contributed by atoms with Gasteiger partial charge in [0.15, 0.2) is 0 Å².